The number of aliphatic hydroxyl groups is 1. The average Bonchev–Trinajstić information content (AvgIpc) is 2.93. The highest BCUT2D eigenvalue weighted by Crippen LogP contribution is 2.37. The van der Waals surface area contributed by atoms with Gasteiger partial charge in [0.25, 0.3) is 17.6 Å². The first kappa shape index (κ1) is 28.9. The van der Waals surface area contributed by atoms with E-state index in [2.05, 4.69) is 18.7 Å². The second kappa shape index (κ2) is 11.9. The van der Waals surface area contributed by atoms with Crippen LogP contribution in [0.25, 0.3) is 16.5 Å². The summed E-state index contributed by atoms with van der Waals surface area (Å²) in [5.41, 5.74) is 2.39. The summed E-state index contributed by atoms with van der Waals surface area (Å²) in [6.07, 6.45) is -0.806. The molecule has 0 atom stereocenters. The molecule has 1 heterocycles. The largest absolute Gasteiger partial charge is 0.507 e. The average molecular weight is 553 g/mol. The summed E-state index contributed by atoms with van der Waals surface area (Å²) >= 11 is 0. The third-order valence-corrected chi connectivity index (χ3v) is 7.01. The van der Waals surface area contributed by atoms with Crippen molar-refractivity contribution in [2.45, 2.75) is 52.3 Å². The topological polar surface area (TPSA) is 77.9 Å². The molecule has 4 rings (SSSR count). The number of anilines is 1. The van der Waals surface area contributed by atoms with Gasteiger partial charge in [0.1, 0.15) is 5.76 Å². The fourth-order valence-electron chi connectivity index (χ4n) is 4.85. The Balaban J connectivity index is 1.62. The minimum Gasteiger partial charge on any atom is -0.507 e. The number of hydrogen-bond donors (Lipinski definition) is 1. The summed E-state index contributed by atoms with van der Waals surface area (Å²) in [4.78, 5) is 41.7. The molecule has 40 heavy (non-hydrogen) atoms. The van der Waals surface area contributed by atoms with Gasteiger partial charge in [0.15, 0.2) is 0 Å². The van der Waals surface area contributed by atoms with Crippen LogP contribution in [0.5, 0.6) is 0 Å². The molecule has 6 nitrogen and oxygen atoms in total. The van der Waals surface area contributed by atoms with E-state index in [9.17, 15) is 32.7 Å². The van der Waals surface area contributed by atoms with Crippen molar-refractivity contribution in [3.05, 3.63) is 82.9 Å². The van der Waals surface area contributed by atoms with Gasteiger partial charge < -0.3 is 10.0 Å². The maximum atomic E-state index is 13.5. The van der Waals surface area contributed by atoms with E-state index in [4.69, 9.17) is 0 Å². The molecule has 3 aromatic rings. The van der Waals surface area contributed by atoms with Gasteiger partial charge in [-0.05, 0) is 36.6 Å². The minimum atomic E-state index is -5.09. The molecule has 0 aliphatic carbocycles. The number of ketones is 1. The van der Waals surface area contributed by atoms with Gasteiger partial charge >= 0.3 is 6.18 Å². The van der Waals surface area contributed by atoms with Crippen molar-refractivity contribution in [1.82, 2.24) is 4.90 Å². The number of carbonyl (C=O) groups excluding carboxylic acids is 3. The molecule has 0 saturated carbocycles. The molecular weight excluding hydrogens is 521 g/mol. The molecule has 0 fully saturated rings. The van der Waals surface area contributed by atoms with Crippen molar-refractivity contribution >= 4 is 39.8 Å². The molecule has 9 heteroatoms. The van der Waals surface area contributed by atoms with E-state index in [1.165, 1.54) is 24.3 Å². The van der Waals surface area contributed by atoms with Crippen LogP contribution in [-0.2, 0) is 11.3 Å². The lowest BCUT2D eigenvalue weighted by Gasteiger charge is -2.31. The van der Waals surface area contributed by atoms with Crippen molar-refractivity contribution < 1.29 is 32.7 Å². The fourth-order valence-corrected chi connectivity index (χ4v) is 4.85. The van der Waals surface area contributed by atoms with E-state index in [1.807, 2.05) is 18.2 Å². The van der Waals surface area contributed by atoms with Gasteiger partial charge in [-0.15, -0.1) is 0 Å². The number of imide groups is 1. The molecule has 0 spiro atoms. The molecule has 210 valence electrons. The number of rotatable bonds is 11. The summed E-state index contributed by atoms with van der Waals surface area (Å²) in [6.45, 7) is 5.98. The Hall–Kier alpha value is -4.14. The number of alkyl halides is 3. The molecule has 0 bridgehead atoms. The zero-order valence-electron chi connectivity index (χ0n) is 22.4. The summed E-state index contributed by atoms with van der Waals surface area (Å²) in [5, 5.41) is 11.4. The van der Waals surface area contributed by atoms with E-state index in [-0.39, 0.29) is 18.2 Å². The van der Waals surface area contributed by atoms with Gasteiger partial charge in [-0.2, -0.15) is 13.2 Å². The third-order valence-electron chi connectivity index (χ3n) is 7.01. The summed E-state index contributed by atoms with van der Waals surface area (Å²) < 4.78 is 37.5. The van der Waals surface area contributed by atoms with Crippen LogP contribution < -0.4 is 4.90 Å². The maximum Gasteiger partial charge on any atom is 0.454 e. The lowest BCUT2D eigenvalue weighted by atomic mass is 9.92. The smallest absolute Gasteiger partial charge is 0.454 e. The molecule has 0 unspecified atom stereocenters. The Morgan fingerprint density at radius 1 is 0.900 bits per heavy atom. The minimum absolute atomic E-state index is 0.00371. The van der Waals surface area contributed by atoms with Gasteiger partial charge in [0, 0.05) is 52.3 Å². The van der Waals surface area contributed by atoms with Crippen LogP contribution in [0.3, 0.4) is 0 Å². The second-order valence-electron chi connectivity index (χ2n) is 9.84. The van der Waals surface area contributed by atoms with Crippen molar-refractivity contribution in [1.29, 1.82) is 0 Å². The number of halogens is 3. The van der Waals surface area contributed by atoms with Gasteiger partial charge in [-0.25, -0.2) is 0 Å². The highest BCUT2D eigenvalue weighted by molar-refractivity contribution is 6.26. The van der Waals surface area contributed by atoms with Crippen molar-refractivity contribution in [3.8, 4) is 0 Å². The van der Waals surface area contributed by atoms with Crippen LogP contribution in [0.2, 0.25) is 0 Å². The van der Waals surface area contributed by atoms with Gasteiger partial charge in [-0.1, -0.05) is 63.1 Å². The number of nitrogens with zero attached hydrogens (tertiary/aromatic N) is 2. The first-order valence-corrected chi connectivity index (χ1v) is 13.3. The molecule has 0 saturated heterocycles. The number of benzene rings is 3. The number of allylic oxidation sites excluding steroid dienone is 1. The van der Waals surface area contributed by atoms with E-state index in [0.29, 0.717) is 22.1 Å². The fraction of sp³-hybridized carbons (Fsp3) is 0.323. The van der Waals surface area contributed by atoms with E-state index >= 15 is 0 Å². The number of aliphatic hydroxyl groups excluding tert-OH is 1. The molecule has 2 amide bonds. The molecular formula is C31H31F3N2O4. The Morgan fingerprint density at radius 2 is 1.50 bits per heavy atom. The van der Waals surface area contributed by atoms with Gasteiger partial charge in [-0.3, -0.25) is 19.3 Å². The quantitative estimate of drug-likeness (QED) is 0.156. The molecule has 1 aliphatic heterocycles. The summed E-state index contributed by atoms with van der Waals surface area (Å²) in [5.74, 6) is -3.87. The van der Waals surface area contributed by atoms with Crippen molar-refractivity contribution in [3.63, 3.8) is 0 Å². The third kappa shape index (κ3) is 5.88. The van der Waals surface area contributed by atoms with Crippen LogP contribution in [-0.4, -0.2) is 46.9 Å². The standard InChI is InChI=1S/C31H31F3N2O4/c1-3-5-16-35(17-6-4-2)25-15-14-24-28-22(25)8-7-9-23(28)29(39)36(30(24)40)19-20-10-12-21(13-11-20)26(37)18-27(38)31(32,33)34/h7-15,18,37H,3-6,16-17,19H2,1-2H3/b26-18-. The maximum absolute atomic E-state index is 13.5. The zero-order valence-corrected chi connectivity index (χ0v) is 22.4. The van der Waals surface area contributed by atoms with Gasteiger partial charge in [0.05, 0.1) is 6.54 Å². The first-order valence-electron chi connectivity index (χ1n) is 13.3. The Kier molecular flexibility index (Phi) is 8.61. The van der Waals surface area contributed by atoms with Crippen LogP contribution in [0.4, 0.5) is 18.9 Å². The van der Waals surface area contributed by atoms with E-state index in [0.717, 1.165) is 54.7 Å². The first-order chi connectivity index (χ1) is 19.1. The summed E-state index contributed by atoms with van der Waals surface area (Å²) in [7, 11) is 0. The number of amides is 2. The molecule has 3 aromatic carbocycles. The zero-order chi connectivity index (χ0) is 29.0. The summed E-state index contributed by atoms with van der Waals surface area (Å²) in [6, 6.07) is 14.8. The van der Waals surface area contributed by atoms with Crippen LogP contribution >= 0.6 is 0 Å². The number of unbranched alkanes of at least 4 members (excludes halogenated alkanes) is 2. The number of hydrogen-bond acceptors (Lipinski definition) is 5. The van der Waals surface area contributed by atoms with Crippen LogP contribution in [0.1, 0.15) is 71.4 Å². The Labute approximate surface area is 230 Å². The Bertz CT molecular complexity index is 1430. The highest BCUT2D eigenvalue weighted by atomic mass is 19.4. The molecule has 0 aromatic heterocycles. The van der Waals surface area contributed by atoms with E-state index < -0.39 is 29.5 Å². The predicted molar refractivity (Wildman–Crippen MR) is 148 cm³/mol. The SMILES string of the molecule is CCCCN(CCCC)c1ccc2c3c(cccc13)C(=O)N(Cc1ccc(/C(O)=C/C(=O)C(F)(F)F)cc1)C2=O. The van der Waals surface area contributed by atoms with Crippen molar-refractivity contribution in [2.24, 2.45) is 0 Å². The van der Waals surface area contributed by atoms with Crippen LogP contribution in [0, 0.1) is 0 Å². The normalized spacial score (nSPS) is 13.7. The highest BCUT2D eigenvalue weighted by Gasteiger charge is 2.37. The predicted octanol–water partition coefficient (Wildman–Crippen LogP) is 7.07. The Morgan fingerprint density at radius 3 is 2.08 bits per heavy atom. The number of carbonyl (C=O) groups is 3. The van der Waals surface area contributed by atoms with Crippen molar-refractivity contribution in [2.75, 3.05) is 18.0 Å². The molecule has 1 N–H and O–H groups in total. The van der Waals surface area contributed by atoms with Gasteiger partial charge in [0.2, 0.25) is 0 Å². The second-order valence-corrected chi connectivity index (χ2v) is 9.84. The monoisotopic (exact) mass is 552 g/mol. The molecule has 1 aliphatic rings. The lowest BCUT2D eigenvalue weighted by molar-refractivity contribution is -0.165. The molecule has 0 radical (unpaired) electrons. The van der Waals surface area contributed by atoms with Crippen LogP contribution in [0.15, 0.2) is 60.7 Å². The van der Waals surface area contributed by atoms with E-state index in [1.54, 1.807) is 12.1 Å². The lowest BCUT2D eigenvalue weighted by Crippen LogP contribution is -2.39.